The van der Waals surface area contributed by atoms with Gasteiger partial charge >= 0.3 is 6.09 Å². The Balaban J connectivity index is 4.10. The fourth-order valence-corrected chi connectivity index (χ4v) is 2.25. The molecule has 2 amide bonds. The lowest BCUT2D eigenvalue weighted by atomic mass is 10.00. The molecule has 166 valence electrons. The van der Waals surface area contributed by atoms with E-state index < -0.39 is 22.8 Å². The Hall–Kier alpha value is -1.38. The van der Waals surface area contributed by atoms with Gasteiger partial charge in [0.15, 0.2) is 0 Å². The van der Waals surface area contributed by atoms with Gasteiger partial charge in [-0.25, -0.2) is 4.79 Å². The van der Waals surface area contributed by atoms with Gasteiger partial charge in [0.2, 0.25) is 5.91 Å². The van der Waals surface area contributed by atoms with Crippen LogP contribution in [0.15, 0.2) is 0 Å². The summed E-state index contributed by atoms with van der Waals surface area (Å²) in [6.45, 7) is 15.6. The topological polar surface area (TPSA) is 112 Å². The van der Waals surface area contributed by atoms with Crippen LogP contribution in [0.2, 0.25) is 0 Å². The van der Waals surface area contributed by atoms with E-state index in [0.29, 0.717) is 52.2 Å². The maximum absolute atomic E-state index is 11.9. The predicted octanol–water partition coefficient (Wildman–Crippen LogP) is 2.35. The maximum Gasteiger partial charge on any atom is 0.408 e. The molecular formula is C20H41N3O5. The molecule has 8 heteroatoms. The molecule has 0 spiro atoms. The van der Waals surface area contributed by atoms with Crippen molar-refractivity contribution < 1.29 is 23.8 Å². The first kappa shape index (κ1) is 26.6. The van der Waals surface area contributed by atoms with Crippen molar-refractivity contribution in [2.75, 3.05) is 32.9 Å². The van der Waals surface area contributed by atoms with Crippen LogP contribution < -0.4 is 16.4 Å². The lowest BCUT2D eigenvalue weighted by Crippen LogP contribution is -2.46. The molecule has 0 radical (unpaired) electrons. The summed E-state index contributed by atoms with van der Waals surface area (Å²) in [4.78, 5) is 23.8. The molecule has 0 aromatic heterocycles. The number of hydrogen-bond acceptors (Lipinski definition) is 6. The second-order valence-corrected chi connectivity index (χ2v) is 9.12. The Labute approximate surface area is 170 Å². The summed E-state index contributed by atoms with van der Waals surface area (Å²) in [6.07, 6.45) is 1.16. The summed E-state index contributed by atoms with van der Waals surface area (Å²) in [5.41, 5.74) is 3.90. The van der Waals surface area contributed by atoms with Gasteiger partial charge in [-0.15, -0.1) is 0 Å². The molecule has 28 heavy (non-hydrogen) atoms. The van der Waals surface area contributed by atoms with E-state index in [1.165, 1.54) is 0 Å². The second-order valence-electron chi connectivity index (χ2n) is 9.12. The summed E-state index contributed by atoms with van der Waals surface area (Å²) in [7, 11) is 0. The van der Waals surface area contributed by atoms with Gasteiger partial charge in [0.25, 0.3) is 0 Å². The molecule has 0 atom stereocenters. The zero-order valence-electron chi connectivity index (χ0n) is 18.8. The normalized spacial score (nSPS) is 12.6. The molecular weight excluding hydrogens is 362 g/mol. The number of carbonyl (C=O) groups is 2. The number of ether oxygens (including phenoxy) is 3. The molecule has 8 nitrogen and oxygen atoms in total. The highest BCUT2D eigenvalue weighted by Crippen LogP contribution is 2.19. The van der Waals surface area contributed by atoms with E-state index in [4.69, 9.17) is 19.9 Å². The van der Waals surface area contributed by atoms with Crippen LogP contribution in [0.4, 0.5) is 4.79 Å². The summed E-state index contributed by atoms with van der Waals surface area (Å²) in [6, 6.07) is 0. The predicted molar refractivity (Wildman–Crippen MR) is 110 cm³/mol. The van der Waals surface area contributed by atoms with Crippen LogP contribution >= 0.6 is 0 Å². The fraction of sp³-hybridized carbons (Fsp3) is 0.900. The molecule has 0 rings (SSSR count). The van der Waals surface area contributed by atoms with Gasteiger partial charge in [0.05, 0.1) is 18.8 Å². The molecule has 0 heterocycles. The van der Waals surface area contributed by atoms with Gasteiger partial charge < -0.3 is 30.6 Å². The van der Waals surface area contributed by atoms with Crippen molar-refractivity contribution in [2.45, 2.75) is 84.5 Å². The van der Waals surface area contributed by atoms with Gasteiger partial charge in [-0.1, -0.05) is 0 Å². The second kappa shape index (κ2) is 12.2. The first-order valence-corrected chi connectivity index (χ1v) is 9.96. The van der Waals surface area contributed by atoms with Gasteiger partial charge in [-0.3, -0.25) is 4.79 Å². The molecule has 0 saturated heterocycles. The van der Waals surface area contributed by atoms with E-state index in [9.17, 15) is 9.59 Å². The third kappa shape index (κ3) is 15.7. The quantitative estimate of drug-likeness (QED) is 0.407. The number of rotatable bonds is 13. The SMILES string of the molecule is CC(C)(CCOC(C)(C)CCC(=O)NCCOCCN)NC(=O)OC(C)(C)C. The van der Waals surface area contributed by atoms with E-state index in [1.807, 2.05) is 48.5 Å². The monoisotopic (exact) mass is 403 g/mol. The average Bonchev–Trinajstić information content (AvgIpc) is 2.50. The summed E-state index contributed by atoms with van der Waals surface area (Å²) < 4.78 is 16.4. The van der Waals surface area contributed by atoms with Gasteiger partial charge in [0, 0.05) is 31.7 Å². The molecule has 0 bridgehead atoms. The van der Waals surface area contributed by atoms with Crippen molar-refractivity contribution >= 4 is 12.0 Å². The number of amides is 2. The van der Waals surface area contributed by atoms with Crippen LogP contribution in [0.3, 0.4) is 0 Å². The number of nitrogens with two attached hydrogens (primary N) is 1. The van der Waals surface area contributed by atoms with Crippen LogP contribution in [0.5, 0.6) is 0 Å². The first-order chi connectivity index (χ1) is 12.8. The molecule has 0 saturated carbocycles. The maximum atomic E-state index is 11.9. The molecule has 0 aliphatic rings. The van der Waals surface area contributed by atoms with Crippen LogP contribution in [-0.2, 0) is 19.0 Å². The van der Waals surface area contributed by atoms with E-state index >= 15 is 0 Å². The third-order valence-electron chi connectivity index (χ3n) is 3.84. The zero-order chi connectivity index (χ0) is 21.8. The third-order valence-corrected chi connectivity index (χ3v) is 3.84. The van der Waals surface area contributed by atoms with Crippen LogP contribution in [-0.4, -0.2) is 61.7 Å². The number of nitrogens with one attached hydrogen (secondary N) is 2. The molecule has 0 unspecified atom stereocenters. The van der Waals surface area contributed by atoms with Crippen molar-refractivity contribution in [3.63, 3.8) is 0 Å². The van der Waals surface area contributed by atoms with Crippen LogP contribution in [0.25, 0.3) is 0 Å². The minimum Gasteiger partial charge on any atom is -0.444 e. The number of alkyl carbamates (subject to hydrolysis) is 1. The van der Waals surface area contributed by atoms with Crippen molar-refractivity contribution in [1.29, 1.82) is 0 Å². The van der Waals surface area contributed by atoms with E-state index in [1.54, 1.807) is 0 Å². The largest absolute Gasteiger partial charge is 0.444 e. The van der Waals surface area contributed by atoms with Crippen molar-refractivity contribution in [1.82, 2.24) is 10.6 Å². The van der Waals surface area contributed by atoms with E-state index in [0.717, 1.165) is 0 Å². The Kier molecular flexibility index (Phi) is 11.6. The van der Waals surface area contributed by atoms with E-state index in [-0.39, 0.29) is 5.91 Å². The lowest BCUT2D eigenvalue weighted by molar-refractivity contribution is -0.123. The molecule has 0 fully saturated rings. The minimum absolute atomic E-state index is 0.0278. The van der Waals surface area contributed by atoms with Gasteiger partial charge in [0.1, 0.15) is 5.60 Å². The summed E-state index contributed by atoms with van der Waals surface area (Å²) in [5, 5.41) is 5.67. The molecule has 0 aliphatic carbocycles. The Bertz CT molecular complexity index is 473. The van der Waals surface area contributed by atoms with Gasteiger partial charge in [-0.2, -0.15) is 0 Å². The highest BCUT2D eigenvalue weighted by molar-refractivity contribution is 5.75. The number of carbonyl (C=O) groups excluding carboxylic acids is 2. The van der Waals surface area contributed by atoms with Crippen molar-refractivity contribution in [2.24, 2.45) is 5.73 Å². The molecule has 0 aromatic rings. The van der Waals surface area contributed by atoms with Gasteiger partial charge in [-0.05, 0) is 61.3 Å². The van der Waals surface area contributed by atoms with Crippen LogP contribution in [0.1, 0.15) is 67.7 Å². The summed E-state index contributed by atoms with van der Waals surface area (Å²) >= 11 is 0. The summed E-state index contributed by atoms with van der Waals surface area (Å²) in [5.74, 6) is -0.0278. The molecule has 0 aliphatic heterocycles. The first-order valence-electron chi connectivity index (χ1n) is 9.96. The minimum atomic E-state index is -0.532. The number of hydrogen-bond donors (Lipinski definition) is 3. The highest BCUT2D eigenvalue weighted by atomic mass is 16.6. The van der Waals surface area contributed by atoms with E-state index in [2.05, 4.69) is 10.6 Å². The fourth-order valence-electron chi connectivity index (χ4n) is 2.25. The highest BCUT2D eigenvalue weighted by Gasteiger charge is 2.26. The average molecular weight is 404 g/mol. The standard InChI is InChI=1S/C20H41N3O5/c1-18(2,3)28-17(25)23-19(4,5)10-13-27-20(6,7)9-8-16(24)22-12-15-26-14-11-21/h8-15,21H2,1-7H3,(H,22,24)(H,23,25). The van der Waals surface area contributed by atoms with Crippen molar-refractivity contribution in [3.05, 3.63) is 0 Å². The van der Waals surface area contributed by atoms with Crippen LogP contribution in [0, 0.1) is 0 Å². The Morgan fingerprint density at radius 1 is 0.929 bits per heavy atom. The van der Waals surface area contributed by atoms with Crippen molar-refractivity contribution in [3.8, 4) is 0 Å². The smallest absolute Gasteiger partial charge is 0.408 e. The molecule has 4 N–H and O–H groups in total. The zero-order valence-corrected chi connectivity index (χ0v) is 18.8. The Morgan fingerprint density at radius 3 is 2.14 bits per heavy atom. The lowest BCUT2D eigenvalue weighted by Gasteiger charge is -2.31. The Morgan fingerprint density at radius 2 is 1.57 bits per heavy atom. The molecule has 0 aromatic carbocycles.